The van der Waals surface area contributed by atoms with Gasteiger partial charge in [-0.3, -0.25) is 4.79 Å². The Labute approximate surface area is 95.0 Å². The van der Waals surface area contributed by atoms with Gasteiger partial charge in [-0.1, -0.05) is 15.9 Å². The summed E-state index contributed by atoms with van der Waals surface area (Å²) in [6.45, 7) is 0. The van der Waals surface area contributed by atoms with Crippen molar-refractivity contribution in [3.63, 3.8) is 0 Å². The van der Waals surface area contributed by atoms with Gasteiger partial charge in [-0.2, -0.15) is 0 Å². The first-order valence-corrected chi connectivity index (χ1v) is 5.33. The first kappa shape index (κ1) is 12.0. The molecule has 0 atom stereocenters. The van der Waals surface area contributed by atoms with Crippen LogP contribution in [0.15, 0.2) is 12.1 Å². The van der Waals surface area contributed by atoms with E-state index in [-0.39, 0.29) is 17.7 Å². The van der Waals surface area contributed by atoms with Gasteiger partial charge in [-0.05, 0) is 17.7 Å². The molecular weight excluding hydrogens is 267 g/mol. The average Bonchev–Trinajstić information content (AvgIpc) is 2.20. The van der Waals surface area contributed by atoms with Crippen molar-refractivity contribution < 1.29 is 19.0 Å². The Bertz CT molecular complexity index is 379. The molecule has 0 spiro atoms. The number of carboxylic acid groups (broad SMARTS) is 1. The van der Waals surface area contributed by atoms with Gasteiger partial charge in [0.2, 0.25) is 0 Å². The Balaban J connectivity index is 3.18. The van der Waals surface area contributed by atoms with Crippen LogP contribution in [0.5, 0.6) is 5.75 Å². The van der Waals surface area contributed by atoms with Crippen molar-refractivity contribution in [1.29, 1.82) is 0 Å². The fraction of sp³-hybridized carbons (Fsp3) is 0.300. The molecule has 0 aliphatic rings. The highest BCUT2D eigenvalue weighted by molar-refractivity contribution is 9.08. The van der Waals surface area contributed by atoms with E-state index in [0.717, 1.165) is 0 Å². The number of benzene rings is 1. The highest BCUT2D eigenvalue weighted by Gasteiger charge is 2.14. The predicted octanol–water partition coefficient (Wildman–Crippen LogP) is 2.36. The summed E-state index contributed by atoms with van der Waals surface area (Å²) < 4.78 is 18.4. The van der Waals surface area contributed by atoms with E-state index in [2.05, 4.69) is 15.9 Å². The Morgan fingerprint density at radius 1 is 1.60 bits per heavy atom. The predicted molar refractivity (Wildman–Crippen MR) is 56.9 cm³/mol. The van der Waals surface area contributed by atoms with Crippen molar-refractivity contribution in [3.05, 3.63) is 29.1 Å². The van der Waals surface area contributed by atoms with Crippen LogP contribution in [0.4, 0.5) is 4.39 Å². The van der Waals surface area contributed by atoms with Crippen molar-refractivity contribution in [2.24, 2.45) is 0 Å². The molecule has 0 radical (unpaired) electrons. The van der Waals surface area contributed by atoms with Crippen molar-refractivity contribution in [1.82, 2.24) is 0 Å². The molecule has 5 heteroatoms. The van der Waals surface area contributed by atoms with Crippen LogP contribution in [0.3, 0.4) is 0 Å². The van der Waals surface area contributed by atoms with Crippen LogP contribution in [0, 0.1) is 5.82 Å². The summed E-state index contributed by atoms with van der Waals surface area (Å²) in [5.41, 5.74) is 0.785. The minimum atomic E-state index is -1.08. The zero-order chi connectivity index (χ0) is 11.4. The lowest BCUT2D eigenvalue weighted by Gasteiger charge is -2.09. The first-order valence-electron chi connectivity index (χ1n) is 4.21. The minimum Gasteiger partial charge on any atom is -0.496 e. The largest absolute Gasteiger partial charge is 0.496 e. The van der Waals surface area contributed by atoms with Crippen LogP contribution in [0.25, 0.3) is 0 Å². The second kappa shape index (κ2) is 5.11. The number of methoxy groups -OCH3 is 1. The third-order valence-corrected chi connectivity index (χ3v) is 2.56. The lowest BCUT2D eigenvalue weighted by Crippen LogP contribution is -2.05. The van der Waals surface area contributed by atoms with E-state index in [1.807, 2.05) is 0 Å². The van der Waals surface area contributed by atoms with Crippen molar-refractivity contribution in [2.75, 3.05) is 7.11 Å². The van der Waals surface area contributed by atoms with Crippen LogP contribution >= 0.6 is 15.9 Å². The molecule has 15 heavy (non-hydrogen) atoms. The summed E-state index contributed by atoms with van der Waals surface area (Å²) in [6.07, 6.45) is -0.377. The molecule has 0 saturated heterocycles. The highest BCUT2D eigenvalue weighted by atomic mass is 79.9. The van der Waals surface area contributed by atoms with Gasteiger partial charge in [0, 0.05) is 10.9 Å². The highest BCUT2D eigenvalue weighted by Crippen LogP contribution is 2.25. The lowest BCUT2D eigenvalue weighted by molar-refractivity contribution is -0.136. The van der Waals surface area contributed by atoms with E-state index in [9.17, 15) is 9.18 Å². The number of aliphatic carboxylic acids is 1. The number of carboxylic acids is 1. The fourth-order valence-corrected chi connectivity index (χ4v) is 1.57. The van der Waals surface area contributed by atoms with Crippen molar-refractivity contribution >= 4 is 21.9 Å². The van der Waals surface area contributed by atoms with Gasteiger partial charge < -0.3 is 9.84 Å². The Kier molecular flexibility index (Phi) is 4.08. The number of ether oxygens (including phenoxy) is 1. The Hall–Kier alpha value is -1.10. The smallest absolute Gasteiger partial charge is 0.308 e. The molecule has 3 nitrogen and oxygen atoms in total. The molecular formula is C10H10BrFO3. The van der Waals surface area contributed by atoms with E-state index in [0.29, 0.717) is 10.9 Å². The quantitative estimate of drug-likeness (QED) is 0.859. The zero-order valence-electron chi connectivity index (χ0n) is 8.09. The summed E-state index contributed by atoms with van der Waals surface area (Å²) in [7, 11) is 1.39. The van der Waals surface area contributed by atoms with Crippen LogP contribution in [-0.4, -0.2) is 18.2 Å². The van der Waals surface area contributed by atoms with E-state index in [4.69, 9.17) is 9.84 Å². The molecule has 0 bridgehead atoms. The molecule has 1 aromatic carbocycles. The molecule has 0 aliphatic heterocycles. The van der Waals surface area contributed by atoms with Gasteiger partial charge in [-0.15, -0.1) is 0 Å². The molecule has 0 saturated carbocycles. The molecule has 0 unspecified atom stereocenters. The third-order valence-electron chi connectivity index (χ3n) is 1.92. The maximum atomic E-state index is 13.5. The topological polar surface area (TPSA) is 46.5 Å². The van der Waals surface area contributed by atoms with Gasteiger partial charge in [0.1, 0.15) is 11.6 Å². The molecule has 1 rings (SSSR count). The normalized spacial score (nSPS) is 10.1. The number of halogens is 2. The van der Waals surface area contributed by atoms with Gasteiger partial charge in [0.05, 0.1) is 13.5 Å². The van der Waals surface area contributed by atoms with Crippen molar-refractivity contribution in [2.45, 2.75) is 11.8 Å². The molecule has 0 amide bonds. The summed E-state index contributed by atoms with van der Waals surface area (Å²) >= 11 is 3.19. The standard InChI is InChI=1S/C10H10BrFO3/c1-15-9-3-6(5-11)2-8(12)7(9)4-10(13)14/h2-3H,4-5H2,1H3,(H,13,14). The Morgan fingerprint density at radius 3 is 2.73 bits per heavy atom. The summed E-state index contributed by atoms with van der Waals surface area (Å²) in [5, 5.41) is 9.10. The van der Waals surface area contributed by atoms with E-state index < -0.39 is 11.8 Å². The van der Waals surface area contributed by atoms with E-state index >= 15 is 0 Å². The second-order valence-corrected chi connectivity index (χ2v) is 3.52. The van der Waals surface area contributed by atoms with Crippen LogP contribution in [0.2, 0.25) is 0 Å². The van der Waals surface area contributed by atoms with Gasteiger partial charge in [0.25, 0.3) is 0 Å². The second-order valence-electron chi connectivity index (χ2n) is 2.96. The van der Waals surface area contributed by atoms with E-state index in [1.165, 1.54) is 13.2 Å². The third kappa shape index (κ3) is 2.92. The van der Waals surface area contributed by atoms with Crippen molar-refractivity contribution in [3.8, 4) is 5.75 Å². The van der Waals surface area contributed by atoms with Gasteiger partial charge in [-0.25, -0.2) is 4.39 Å². The number of alkyl halides is 1. The number of hydrogen-bond acceptors (Lipinski definition) is 2. The van der Waals surface area contributed by atoms with Crippen LogP contribution in [-0.2, 0) is 16.5 Å². The molecule has 0 fully saturated rings. The van der Waals surface area contributed by atoms with E-state index in [1.54, 1.807) is 6.07 Å². The molecule has 0 heterocycles. The number of carbonyl (C=O) groups is 1. The summed E-state index contributed by atoms with van der Waals surface area (Å²) in [6, 6.07) is 2.92. The van der Waals surface area contributed by atoms with Crippen LogP contribution in [0.1, 0.15) is 11.1 Å². The first-order chi connectivity index (χ1) is 7.08. The summed E-state index contributed by atoms with van der Waals surface area (Å²) in [5.74, 6) is -1.36. The zero-order valence-corrected chi connectivity index (χ0v) is 9.67. The molecule has 82 valence electrons. The number of rotatable bonds is 4. The molecule has 0 aliphatic carbocycles. The molecule has 1 aromatic rings. The SMILES string of the molecule is COc1cc(CBr)cc(F)c1CC(=O)O. The fourth-order valence-electron chi connectivity index (χ4n) is 1.25. The van der Waals surface area contributed by atoms with Gasteiger partial charge in [0.15, 0.2) is 0 Å². The summed E-state index contributed by atoms with van der Waals surface area (Å²) in [4.78, 5) is 10.5. The van der Waals surface area contributed by atoms with Gasteiger partial charge >= 0.3 is 5.97 Å². The minimum absolute atomic E-state index is 0.0784. The lowest BCUT2D eigenvalue weighted by atomic mass is 10.1. The molecule has 1 N–H and O–H groups in total. The maximum Gasteiger partial charge on any atom is 0.308 e. The monoisotopic (exact) mass is 276 g/mol. The number of hydrogen-bond donors (Lipinski definition) is 1. The van der Waals surface area contributed by atoms with Crippen LogP contribution < -0.4 is 4.74 Å². The Morgan fingerprint density at radius 2 is 2.27 bits per heavy atom. The molecule has 0 aromatic heterocycles. The average molecular weight is 277 g/mol. The maximum absolute atomic E-state index is 13.5.